The van der Waals surface area contributed by atoms with Crippen molar-refractivity contribution in [1.82, 2.24) is 5.32 Å². The van der Waals surface area contributed by atoms with Gasteiger partial charge < -0.3 is 10.6 Å². The van der Waals surface area contributed by atoms with E-state index in [1.54, 1.807) is 6.92 Å². The molecule has 0 aliphatic rings. The summed E-state index contributed by atoms with van der Waals surface area (Å²) in [5, 5.41) is 5.66. The number of carbonyl (C=O) groups is 1. The number of alkyl halides is 3. The van der Waals surface area contributed by atoms with Crippen LogP contribution in [0.1, 0.15) is 33.3 Å². The summed E-state index contributed by atoms with van der Waals surface area (Å²) in [5.74, 6) is -0.292. The first kappa shape index (κ1) is 16.5. The molecule has 0 aromatic heterocycles. The Hall–Kier alpha value is -1.56. The fourth-order valence-corrected chi connectivity index (χ4v) is 1.71. The monoisotopic (exact) mass is 288 g/mol. The molecule has 112 valence electrons. The summed E-state index contributed by atoms with van der Waals surface area (Å²) in [7, 11) is 0. The molecule has 1 aromatic rings. The van der Waals surface area contributed by atoms with Gasteiger partial charge in [0.25, 0.3) is 0 Å². The molecular formula is C14H19F3N2O. The van der Waals surface area contributed by atoms with E-state index in [0.29, 0.717) is 5.69 Å². The molecule has 0 saturated heterocycles. The molecule has 0 radical (unpaired) electrons. The van der Waals surface area contributed by atoms with Crippen LogP contribution in [0.2, 0.25) is 0 Å². The van der Waals surface area contributed by atoms with Crippen molar-refractivity contribution >= 4 is 11.6 Å². The predicted molar refractivity (Wildman–Crippen MR) is 72.4 cm³/mol. The second-order valence-corrected chi connectivity index (χ2v) is 5.68. The predicted octanol–water partition coefficient (Wildman–Crippen LogP) is 3.42. The van der Waals surface area contributed by atoms with Gasteiger partial charge in [0.1, 0.15) is 0 Å². The lowest BCUT2D eigenvalue weighted by Crippen LogP contribution is -2.47. The zero-order valence-electron chi connectivity index (χ0n) is 11.9. The van der Waals surface area contributed by atoms with Gasteiger partial charge in [-0.05, 0) is 52.0 Å². The molecule has 1 amide bonds. The van der Waals surface area contributed by atoms with Crippen LogP contribution in [0.4, 0.5) is 18.9 Å². The number of hydrogen-bond acceptors (Lipinski definition) is 2. The lowest BCUT2D eigenvalue weighted by atomic mass is 10.1. The highest BCUT2D eigenvalue weighted by molar-refractivity contribution is 5.94. The second-order valence-electron chi connectivity index (χ2n) is 5.68. The lowest BCUT2D eigenvalue weighted by Gasteiger charge is -2.25. The lowest BCUT2D eigenvalue weighted by molar-refractivity contribution is -0.137. The van der Waals surface area contributed by atoms with Crippen molar-refractivity contribution < 1.29 is 18.0 Å². The minimum Gasteiger partial charge on any atom is -0.325 e. The molecule has 1 aromatic carbocycles. The fourth-order valence-electron chi connectivity index (χ4n) is 1.71. The van der Waals surface area contributed by atoms with E-state index < -0.39 is 17.8 Å². The molecule has 2 N–H and O–H groups in total. The topological polar surface area (TPSA) is 41.1 Å². The van der Waals surface area contributed by atoms with Crippen LogP contribution in [-0.2, 0) is 11.0 Å². The van der Waals surface area contributed by atoms with E-state index in [1.165, 1.54) is 12.1 Å². The summed E-state index contributed by atoms with van der Waals surface area (Å²) >= 11 is 0. The van der Waals surface area contributed by atoms with Crippen LogP contribution in [0.5, 0.6) is 0 Å². The van der Waals surface area contributed by atoms with Crippen LogP contribution in [0, 0.1) is 0 Å². The zero-order chi connectivity index (χ0) is 15.6. The highest BCUT2D eigenvalue weighted by Crippen LogP contribution is 2.29. The highest BCUT2D eigenvalue weighted by Gasteiger charge is 2.30. The molecule has 3 nitrogen and oxygen atoms in total. The third-order valence-electron chi connectivity index (χ3n) is 2.52. The Balaban J connectivity index is 2.67. The smallest absolute Gasteiger partial charge is 0.325 e. The molecule has 20 heavy (non-hydrogen) atoms. The van der Waals surface area contributed by atoms with Crippen LogP contribution < -0.4 is 10.6 Å². The van der Waals surface area contributed by atoms with Gasteiger partial charge in [0.15, 0.2) is 0 Å². The Labute approximate surface area is 116 Å². The third-order valence-corrected chi connectivity index (χ3v) is 2.52. The minimum absolute atomic E-state index is 0.225. The molecule has 6 heteroatoms. The number of carbonyl (C=O) groups excluding carboxylic acids is 1. The quantitative estimate of drug-likeness (QED) is 0.894. The minimum atomic E-state index is -4.37. The van der Waals surface area contributed by atoms with Crippen molar-refractivity contribution in [3.8, 4) is 0 Å². The maximum atomic E-state index is 12.4. The molecule has 0 aliphatic heterocycles. The number of hydrogen-bond donors (Lipinski definition) is 2. The van der Waals surface area contributed by atoms with Crippen LogP contribution in [0.15, 0.2) is 24.3 Å². The third kappa shape index (κ3) is 5.21. The van der Waals surface area contributed by atoms with Gasteiger partial charge in [-0.1, -0.05) is 0 Å². The number of benzene rings is 1. The van der Waals surface area contributed by atoms with Crippen LogP contribution in [0.3, 0.4) is 0 Å². The van der Waals surface area contributed by atoms with Gasteiger partial charge in [-0.25, -0.2) is 0 Å². The summed E-state index contributed by atoms with van der Waals surface area (Å²) in [6.07, 6.45) is -4.37. The van der Waals surface area contributed by atoms with Crippen LogP contribution in [0.25, 0.3) is 0 Å². The van der Waals surface area contributed by atoms with Gasteiger partial charge in [0, 0.05) is 11.2 Å². The Morgan fingerprint density at radius 2 is 1.60 bits per heavy atom. The van der Waals surface area contributed by atoms with Crippen molar-refractivity contribution in [3.63, 3.8) is 0 Å². The van der Waals surface area contributed by atoms with E-state index in [0.717, 1.165) is 12.1 Å². The van der Waals surface area contributed by atoms with Gasteiger partial charge in [0.05, 0.1) is 11.6 Å². The van der Waals surface area contributed by atoms with E-state index in [1.807, 2.05) is 20.8 Å². The average molecular weight is 288 g/mol. The van der Waals surface area contributed by atoms with Crippen LogP contribution >= 0.6 is 0 Å². The zero-order valence-corrected chi connectivity index (χ0v) is 11.9. The van der Waals surface area contributed by atoms with Gasteiger partial charge >= 0.3 is 6.18 Å². The van der Waals surface area contributed by atoms with Gasteiger partial charge in [-0.2, -0.15) is 13.2 Å². The molecule has 0 aliphatic carbocycles. The first-order valence-electron chi connectivity index (χ1n) is 6.25. The summed E-state index contributed by atoms with van der Waals surface area (Å²) in [6.45, 7) is 7.48. The van der Waals surface area contributed by atoms with Gasteiger partial charge in [0.2, 0.25) is 5.91 Å². The molecule has 0 heterocycles. The van der Waals surface area contributed by atoms with E-state index in [9.17, 15) is 18.0 Å². The Bertz CT molecular complexity index is 461. The first-order valence-corrected chi connectivity index (χ1v) is 6.25. The Kier molecular flexibility index (Phi) is 4.81. The SMILES string of the molecule is C[C@H](NC(C)(C)C)C(=O)Nc1ccc(C(F)(F)F)cc1. The molecule has 0 saturated carbocycles. The molecular weight excluding hydrogens is 269 g/mol. The normalized spacial score (nSPS) is 13.9. The average Bonchev–Trinajstić information content (AvgIpc) is 2.26. The van der Waals surface area contributed by atoms with Crippen molar-refractivity contribution in [2.75, 3.05) is 5.32 Å². The maximum Gasteiger partial charge on any atom is 0.416 e. The number of nitrogens with one attached hydrogen (secondary N) is 2. The summed E-state index contributed by atoms with van der Waals surface area (Å²) in [6, 6.07) is 3.92. The highest BCUT2D eigenvalue weighted by atomic mass is 19.4. The van der Waals surface area contributed by atoms with E-state index in [-0.39, 0.29) is 11.4 Å². The number of halogens is 3. The number of amides is 1. The molecule has 0 spiro atoms. The second kappa shape index (κ2) is 5.83. The van der Waals surface area contributed by atoms with E-state index >= 15 is 0 Å². The van der Waals surface area contributed by atoms with Crippen molar-refractivity contribution in [2.45, 2.75) is 45.5 Å². The standard InChI is InChI=1S/C14H19F3N2O/c1-9(19-13(2,3)4)12(20)18-11-7-5-10(6-8-11)14(15,16)17/h5-9,19H,1-4H3,(H,18,20)/t9-/m0/s1. The van der Waals surface area contributed by atoms with Gasteiger partial charge in [-0.3, -0.25) is 4.79 Å². The number of anilines is 1. The number of rotatable bonds is 3. The van der Waals surface area contributed by atoms with Crippen LogP contribution in [-0.4, -0.2) is 17.5 Å². The summed E-state index contributed by atoms with van der Waals surface area (Å²) in [5.41, 5.74) is -0.626. The molecule has 1 rings (SSSR count). The van der Waals surface area contributed by atoms with E-state index in [4.69, 9.17) is 0 Å². The van der Waals surface area contributed by atoms with E-state index in [2.05, 4.69) is 10.6 Å². The summed E-state index contributed by atoms with van der Waals surface area (Å²) in [4.78, 5) is 11.9. The molecule has 1 atom stereocenters. The van der Waals surface area contributed by atoms with Crippen molar-refractivity contribution in [3.05, 3.63) is 29.8 Å². The Morgan fingerprint density at radius 3 is 2.00 bits per heavy atom. The fraction of sp³-hybridized carbons (Fsp3) is 0.500. The largest absolute Gasteiger partial charge is 0.416 e. The summed E-state index contributed by atoms with van der Waals surface area (Å²) < 4.78 is 37.2. The first-order chi connectivity index (χ1) is 8.99. The van der Waals surface area contributed by atoms with Crippen molar-refractivity contribution in [1.29, 1.82) is 0 Å². The molecule has 0 bridgehead atoms. The molecule has 0 fully saturated rings. The van der Waals surface area contributed by atoms with Gasteiger partial charge in [-0.15, -0.1) is 0 Å². The Morgan fingerprint density at radius 1 is 1.10 bits per heavy atom. The maximum absolute atomic E-state index is 12.4. The molecule has 0 unspecified atom stereocenters. The van der Waals surface area contributed by atoms with Crippen molar-refractivity contribution in [2.24, 2.45) is 0 Å².